The first-order valence-corrected chi connectivity index (χ1v) is 8.32. The Kier molecular flexibility index (Phi) is 5.06. The SMILES string of the molecule is CCn1ccnc1C(Nc1nc(C)cc(C#N)n1)C1CCOCC1. The maximum atomic E-state index is 9.13. The highest BCUT2D eigenvalue weighted by Crippen LogP contribution is 2.31. The second-order valence-corrected chi connectivity index (χ2v) is 5.97. The van der Waals surface area contributed by atoms with Crippen LogP contribution in [0.4, 0.5) is 5.95 Å². The van der Waals surface area contributed by atoms with Crippen LogP contribution in [0.25, 0.3) is 0 Å². The molecule has 0 saturated carbocycles. The van der Waals surface area contributed by atoms with Crippen LogP contribution in [0.1, 0.15) is 43.0 Å². The average Bonchev–Trinajstić information content (AvgIpc) is 3.08. The van der Waals surface area contributed by atoms with Crippen LogP contribution < -0.4 is 5.32 Å². The van der Waals surface area contributed by atoms with Crippen LogP contribution in [0, 0.1) is 24.2 Å². The predicted molar refractivity (Wildman–Crippen MR) is 89.3 cm³/mol. The minimum Gasteiger partial charge on any atom is -0.381 e. The van der Waals surface area contributed by atoms with Crippen molar-refractivity contribution in [1.29, 1.82) is 5.26 Å². The zero-order valence-corrected chi connectivity index (χ0v) is 14.1. The van der Waals surface area contributed by atoms with E-state index in [0.717, 1.165) is 44.1 Å². The highest BCUT2D eigenvalue weighted by Gasteiger charge is 2.29. The lowest BCUT2D eigenvalue weighted by Gasteiger charge is -2.31. The molecule has 7 heteroatoms. The maximum Gasteiger partial charge on any atom is 0.224 e. The van der Waals surface area contributed by atoms with Gasteiger partial charge >= 0.3 is 0 Å². The van der Waals surface area contributed by atoms with Crippen LogP contribution >= 0.6 is 0 Å². The Labute approximate surface area is 141 Å². The number of hydrogen-bond donors (Lipinski definition) is 1. The molecule has 0 amide bonds. The summed E-state index contributed by atoms with van der Waals surface area (Å²) in [6.07, 6.45) is 5.74. The summed E-state index contributed by atoms with van der Waals surface area (Å²) in [5.41, 5.74) is 1.14. The second-order valence-electron chi connectivity index (χ2n) is 5.97. The van der Waals surface area contributed by atoms with Crippen LogP contribution in [-0.2, 0) is 11.3 Å². The molecule has 2 aromatic heterocycles. The number of imidazole rings is 1. The van der Waals surface area contributed by atoms with E-state index in [2.05, 4.69) is 37.8 Å². The standard InChI is InChI=1S/C17H22N6O/c1-3-23-7-6-19-16(23)15(13-4-8-24-9-5-13)22-17-20-12(2)10-14(11-18)21-17/h6-7,10,13,15H,3-5,8-9H2,1-2H3,(H,20,21,22). The monoisotopic (exact) mass is 326 g/mol. The maximum absolute atomic E-state index is 9.13. The van der Waals surface area contributed by atoms with E-state index in [1.807, 2.05) is 19.3 Å². The Hall–Kier alpha value is -2.46. The summed E-state index contributed by atoms with van der Waals surface area (Å²) < 4.78 is 7.63. The molecular formula is C17H22N6O. The number of anilines is 1. The third-order valence-electron chi connectivity index (χ3n) is 4.36. The Morgan fingerprint density at radius 1 is 1.42 bits per heavy atom. The third kappa shape index (κ3) is 3.54. The van der Waals surface area contributed by atoms with Gasteiger partial charge in [0.25, 0.3) is 0 Å². The molecule has 0 aromatic carbocycles. The van der Waals surface area contributed by atoms with Crippen molar-refractivity contribution in [3.05, 3.63) is 35.7 Å². The van der Waals surface area contributed by atoms with Crippen molar-refractivity contribution in [1.82, 2.24) is 19.5 Å². The Bertz CT molecular complexity index is 729. The molecule has 1 aliphatic heterocycles. The van der Waals surface area contributed by atoms with E-state index in [4.69, 9.17) is 10.00 Å². The molecule has 1 aliphatic rings. The third-order valence-corrected chi connectivity index (χ3v) is 4.36. The number of nitriles is 1. The molecule has 1 atom stereocenters. The summed E-state index contributed by atoms with van der Waals surface area (Å²) in [4.78, 5) is 13.3. The summed E-state index contributed by atoms with van der Waals surface area (Å²) in [5.74, 6) is 1.85. The molecule has 1 fully saturated rings. The minimum atomic E-state index is -0.00260. The molecule has 3 rings (SSSR count). The Morgan fingerprint density at radius 3 is 2.92 bits per heavy atom. The number of nitrogens with zero attached hydrogens (tertiary/aromatic N) is 5. The van der Waals surface area contributed by atoms with E-state index in [1.165, 1.54) is 0 Å². The molecule has 2 aromatic rings. The first-order valence-electron chi connectivity index (χ1n) is 8.32. The van der Waals surface area contributed by atoms with Crippen LogP contribution in [0.2, 0.25) is 0 Å². The highest BCUT2D eigenvalue weighted by atomic mass is 16.5. The van der Waals surface area contributed by atoms with E-state index >= 15 is 0 Å². The fraction of sp³-hybridized carbons (Fsp3) is 0.529. The summed E-state index contributed by atoms with van der Waals surface area (Å²) >= 11 is 0. The van der Waals surface area contributed by atoms with Crippen LogP contribution in [0.5, 0.6) is 0 Å². The quantitative estimate of drug-likeness (QED) is 0.908. The predicted octanol–water partition coefficient (Wildman–Crippen LogP) is 2.45. The van der Waals surface area contributed by atoms with Crippen molar-refractivity contribution in [2.24, 2.45) is 5.92 Å². The Morgan fingerprint density at radius 2 is 2.21 bits per heavy atom. The largest absolute Gasteiger partial charge is 0.381 e. The van der Waals surface area contributed by atoms with E-state index in [0.29, 0.717) is 17.6 Å². The molecule has 3 heterocycles. The van der Waals surface area contributed by atoms with Crippen LogP contribution in [-0.4, -0.2) is 32.7 Å². The minimum absolute atomic E-state index is 0.00260. The van der Waals surface area contributed by atoms with E-state index in [1.54, 1.807) is 6.07 Å². The summed E-state index contributed by atoms with van der Waals surface area (Å²) in [6, 6.07) is 3.77. The fourth-order valence-corrected chi connectivity index (χ4v) is 3.14. The van der Waals surface area contributed by atoms with Gasteiger partial charge in [-0.1, -0.05) is 0 Å². The number of nitrogens with one attached hydrogen (secondary N) is 1. The molecule has 0 aliphatic carbocycles. The summed E-state index contributed by atoms with van der Waals surface area (Å²) in [5, 5.41) is 12.6. The van der Waals surface area contributed by atoms with Gasteiger partial charge in [0, 0.05) is 37.8 Å². The molecule has 7 nitrogen and oxygen atoms in total. The van der Waals surface area contributed by atoms with Gasteiger partial charge in [-0.05, 0) is 38.7 Å². The van der Waals surface area contributed by atoms with Gasteiger partial charge in [0.2, 0.25) is 5.95 Å². The van der Waals surface area contributed by atoms with Crippen LogP contribution in [0.3, 0.4) is 0 Å². The molecule has 126 valence electrons. The fourth-order valence-electron chi connectivity index (χ4n) is 3.14. The van der Waals surface area contributed by atoms with Gasteiger partial charge in [0.05, 0.1) is 6.04 Å². The van der Waals surface area contributed by atoms with Crippen molar-refractivity contribution in [2.45, 2.75) is 39.3 Å². The summed E-state index contributed by atoms with van der Waals surface area (Å²) in [6.45, 7) is 6.34. The van der Waals surface area contributed by atoms with Crippen LogP contribution in [0.15, 0.2) is 18.5 Å². The normalized spacial score (nSPS) is 16.5. The number of ether oxygens (including phenoxy) is 1. The lowest BCUT2D eigenvalue weighted by atomic mass is 9.91. The lowest BCUT2D eigenvalue weighted by Crippen LogP contribution is -2.30. The van der Waals surface area contributed by atoms with Crippen molar-refractivity contribution in [3.8, 4) is 6.07 Å². The van der Waals surface area contributed by atoms with Gasteiger partial charge in [0.15, 0.2) is 0 Å². The second kappa shape index (κ2) is 7.41. The zero-order valence-electron chi connectivity index (χ0n) is 14.1. The number of aromatic nitrogens is 4. The molecule has 1 unspecified atom stereocenters. The lowest BCUT2D eigenvalue weighted by molar-refractivity contribution is 0.0593. The molecular weight excluding hydrogens is 304 g/mol. The molecule has 0 bridgehead atoms. The van der Waals surface area contributed by atoms with Crippen molar-refractivity contribution < 1.29 is 4.74 Å². The van der Waals surface area contributed by atoms with Gasteiger partial charge in [-0.25, -0.2) is 15.0 Å². The number of hydrogen-bond acceptors (Lipinski definition) is 6. The van der Waals surface area contributed by atoms with E-state index in [9.17, 15) is 0 Å². The first kappa shape index (κ1) is 16.4. The van der Waals surface area contributed by atoms with E-state index < -0.39 is 0 Å². The van der Waals surface area contributed by atoms with Gasteiger partial charge in [-0.2, -0.15) is 5.26 Å². The Balaban J connectivity index is 1.93. The molecule has 1 N–H and O–H groups in total. The van der Waals surface area contributed by atoms with Crippen molar-refractivity contribution in [3.63, 3.8) is 0 Å². The van der Waals surface area contributed by atoms with Gasteiger partial charge in [-0.3, -0.25) is 0 Å². The highest BCUT2D eigenvalue weighted by molar-refractivity contribution is 5.35. The molecule has 24 heavy (non-hydrogen) atoms. The average molecular weight is 326 g/mol. The van der Waals surface area contributed by atoms with Crippen molar-refractivity contribution in [2.75, 3.05) is 18.5 Å². The van der Waals surface area contributed by atoms with Gasteiger partial charge < -0.3 is 14.6 Å². The zero-order chi connectivity index (χ0) is 16.9. The summed E-state index contributed by atoms with van der Waals surface area (Å²) in [7, 11) is 0. The molecule has 0 spiro atoms. The van der Waals surface area contributed by atoms with E-state index in [-0.39, 0.29) is 6.04 Å². The first-order chi connectivity index (χ1) is 11.7. The molecule has 0 radical (unpaired) electrons. The van der Waals surface area contributed by atoms with Crippen molar-refractivity contribution >= 4 is 5.95 Å². The number of aryl methyl sites for hydroxylation is 2. The van der Waals surface area contributed by atoms with Gasteiger partial charge in [0.1, 0.15) is 17.6 Å². The van der Waals surface area contributed by atoms with Gasteiger partial charge in [-0.15, -0.1) is 0 Å². The topological polar surface area (TPSA) is 88.7 Å². The number of rotatable bonds is 5. The smallest absolute Gasteiger partial charge is 0.224 e. The molecule has 1 saturated heterocycles.